The highest BCUT2D eigenvalue weighted by atomic mass is 19.4. The number of hydrogen-bond acceptors (Lipinski definition) is 6. The maximum absolute atomic E-state index is 12.3. The number of benzene rings is 2. The Balaban J connectivity index is 1.81. The second kappa shape index (κ2) is 9.23. The van der Waals surface area contributed by atoms with E-state index in [1.807, 2.05) is 0 Å². The van der Waals surface area contributed by atoms with E-state index in [0.29, 0.717) is 28.4 Å². The van der Waals surface area contributed by atoms with Crippen LogP contribution in [-0.2, 0) is 17.9 Å². The van der Waals surface area contributed by atoms with Gasteiger partial charge >= 0.3 is 6.36 Å². The molecule has 1 amide bonds. The Morgan fingerprint density at radius 1 is 1.19 bits per heavy atom. The summed E-state index contributed by atoms with van der Waals surface area (Å²) in [6.45, 7) is 2.04. The largest absolute Gasteiger partial charge is 0.573 e. The molecule has 8 nitrogen and oxygen atoms in total. The summed E-state index contributed by atoms with van der Waals surface area (Å²) < 4.78 is 48.2. The maximum atomic E-state index is 12.3. The number of halogens is 3. The molecule has 3 aromatic rings. The number of alkyl halides is 3. The number of imidazole rings is 1. The second-order valence-electron chi connectivity index (χ2n) is 6.68. The lowest BCUT2D eigenvalue weighted by molar-refractivity contribution is -0.274. The highest BCUT2D eigenvalue weighted by Gasteiger charge is 2.31. The topological polar surface area (TPSA) is 112 Å². The lowest BCUT2D eigenvalue weighted by Crippen LogP contribution is -2.38. The van der Waals surface area contributed by atoms with E-state index in [2.05, 4.69) is 15.0 Å². The van der Waals surface area contributed by atoms with Crippen LogP contribution in [0.25, 0.3) is 11.0 Å². The van der Waals surface area contributed by atoms with Gasteiger partial charge in [0.05, 0.1) is 30.2 Å². The number of nitrogens with one attached hydrogen (secondary N) is 1. The molecule has 0 fully saturated rings. The van der Waals surface area contributed by atoms with Gasteiger partial charge in [-0.15, -0.1) is 13.2 Å². The molecule has 31 heavy (non-hydrogen) atoms. The predicted molar refractivity (Wildman–Crippen MR) is 106 cm³/mol. The number of carbonyl (C=O) groups excluding carboxylic acids is 1. The second-order valence-corrected chi connectivity index (χ2v) is 6.68. The highest BCUT2D eigenvalue weighted by Crippen LogP contribution is 2.29. The number of aliphatic hydroxyl groups excluding tert-OH is 1. The monoisotopic (exact) mass is 438 g/mol. The van der Waals surface area contributed by atoms with Crippen LogP contribution in [-0.4, -0.2) is 39.6 Å². The number of carbonyl (C=O) groups is 1. The number of rotatable bonds is 9. The average molecular weight is 438 g/mol. The van der Waals surface area contributed by atoms with Crippen molar-refractivity contribution in [2.24, 2.45) is 5.73 Å². The molecule has 0 saturated heterocycles. The van der Waals surface area contributed by atoms with Crippen LogP contribution in [0.4, 0.5) is 13.2 Å². The molecule has 0 bridgehead atoms. The standard InChI is InChI=1S/C20H21F3N4O4/c1-12(19(24)29)25-11-18-26-16-7-6-15(10-17(16)27(18)8-9-28)30-13-2-4-14(5-3-13)31-20(21,22)23/h2-7,10,12,25,28H,8-9,11H2,1H3,(H2,24,29)/t12-/m0/s1. The van der Waals surface area contributed by atoms with Gasteiger partial charge in [0, 0.05) is 12.6 Å². The number of aromatic nitrogens is 2. The molecule has 3 rings (SSSR count). The predicted octanol–water partition coefficient (Wildman–Crippen LogP) is 2.68. The number of nitrogens with zero attached hydrogens (tertiary/aromatic N) is 2. The molecular formula is C20H21F3N4O4. The van der Waals surface area contributed by atoms with Crippen LogP contribution in [0.3, 0.4) is 0 Å². The van der Waals surface area contributed by atoms with Crippen LogP contribution in [0.15, 0.2) is 42.5 Å². The first-order chi connectivity index (χ1) is 14.7. The number of amides is 1. The molecule has 11 heteroatoms. The Morgan fingerprint density at radius 2 is 1.84 bits per heavy atom. The van der Waals surface area contributed by atoms with E-state index in [4.69, 9.17) is 10.5 Å². The molecule has 1 heterocycles. The molecule has 0 aliphatic rings. The molecule has 0 spiro atoms. The van der Waals surface area contributed by atoms with Gasteiger partial charge in [-0.25, -0.2) is 4.98 Å². The average Bonchev–Trinajstić information content (AvgIpc) is 3.04. The van der Waals surface area contributed by atoms with Crippen molar-refractivity contribution in [3.8, 4) is 17.2 Å². The molecule has 1 aromatic heterocycles. The lowest BCUT2D eigenvalue weighted by Gasteiger charge is -2.12. The Labute approximate surface area is 175 Å². The maximum Gasteiger partial charge on any atom is 0.573 e. The summed E-state index contributed by atoms with van der Waals surface area (Å²) >= 11 is 0. The van der Waals surface area contributed by atoms with Crippen molar-refractivity contribution in [3.63, 3.8) is 0 Å². The first kappa shape index (κ1) is 22.4. The lowest BCUT2D eigenvalue weighted by atomic mass is 10.3. The first-order valence-electron chi connectivity index (χ1n) is 9.32. The Kier molecular flexibility index (Phi) is 6.66. The van der Waals surface area contributed by atoms with Crippen molar-refractivity contribution in [2.75, 3.05) is 6.61 Å². The SMILES string of the molecule is C[C@H](NCc1nc2ccc(Oc3ccc(OC(F)(F)F)cc3)cc2n1CCO)C(N)=O. The molecule has 2 aromatic carbocycles. The van der Waals surface area contributed by atoms with Crippen LogP contribution >= 0.6 is 0 Å². The summed E-state index contributed by atoms with van der Waals surface area (Å²) in [5, 5.41) is 12.4. The molecule has 0 unspecified atom stereocenters. The quantitative estimate of drug-likeness (QED) is 0.474. The molecular weight excluding hydrogens is 417 g/mol. The molecule has 4 N–H and O–H groups in total. The molecule has 0 saturated carbocycles. The third-order valence-corrected chi connectivity index (χ3v) is 4.41. The number of aliphatic hydroxyl groups is 1. The van der Waals surface area contributed by atoms with Gasteiger partial charge in [-0.1, -0.05) is 0 Å². The minimum Gasteiger partial charge on any atom is -0.457 e. The minimum absolute atomic E-state index is 0.129. The Bertz CT molecular complexity index is 1050. The van der Waals surface area contributed by atoms with Gasteiger partial charge in [0.1, 0.15) is 23.1 Å². The van der Waals surface area contributed by atoms with Crippen LogP contribution in [0.5, 0.6) is 17.2 Å². The Morgan fingerprint density at radius 3 is 2.45 bits per heavy atom. The number of ether oxygens (including phenoxy) is 2. The summed E-state index contributed by atoms with van der Waals surface area (Å²) in [6.07, 6.45) is -4.76. The number of hydrogen-bond donors (Lipinski definition) is 3. The number of nitrogens with two attached hydrogens (primary N) is 1. The summed E-state index contributed by atoms with van der Waals surface area (Å²) in [5.41, 5.74) is 6.59. The van der Waals surface area contributed by atoms with Gasteiger partial charge in [-0.3, -0.25) is 10.1 Å². The fourth-order valence-corrected chi connectivity index (χ4v) is 2.89. The van der Waals surface area contributed by atoms with E-state index < -0.39 is 18.3 Å². The highest BCUT2D eigenvalue weighted by molar-refractivity contribution is 5.79. The van der Waals surface area contributed by atoms with E-state index in [-0.39, 0.29) is 25.4 Å². The third-order valence-electron chi connectivity index (χ3n) is 4.41. The zero-order valence-corrected chi connectivity index (χ0v) is 16.5. The zero-order valence-electron chi connectivity index (χ0n) is 16.5. The number of primary amides is 1. The van der Waals surface area contributed by atoms with Crippen LogP contribution < -0.4 is 20.5 Å². The minimum atomic E-state index is -4.76. The smallest absolute Gasteiger partial charge is 0.457 e. The fourth-order valence-electron chi connectivity index (χ4n) is 2.89. The number of fused-ring (bicyclic) bond motifs is 1. The van der Waals surface area contributed by atoms with Crippen molar-refractivity contribution in [2.45, 2.75) is 32.4 Å². The van der Waals surface area contributed by atoms with E-state index in [9.17, 15) is 23.1 Å². The van der Waals surface area contributed by atoms with E-state index in [1.165, 1.54) is 12.1 Å². The fraction of sp³-hybridized carbons (Fsp3) is 0.300. The molecule has 0 aliphatic heterocycles. The van der Waals surface area contributed by atoms with Gasteiger partial charge in [0.25, 0.3) is 0 Å². The van der Waals surface area contributed by atoms with Gasteiger partial charge in [0.2, 0.25) is 5.91 Å². The molecule has 0 aliphatic carbocycles. The van der Waals surface area contributed by atoms with Gasteiger partial charge in [-0.05, 0) is 43.3 Å². The summed E-state index contributed by atoms with van der Waals surface area (Å²) in [6, 6.07) is 9.57. The zero-order chi connectivity index (χ0) is 22.6. The molecule has 0 radical (unpaired) electrons. The van der Waals surface area contributed by atoms with Gasteiger partial charge in [-0.2, -0.15) is 0 Å². The summed E-state index contributed by atoms with van der Waals surface area (Å²) in [4.78, 5) is 15.7. The Hall–Kier alpha value is -3.31. The van der Waals surface area contributed by atoms with Crippen molar-refractivity contribution >= 4 is 16.9 Å². The molecule has 1 atom stereocenters. The van der Waals surface area contributed by atoms with E-state index >= 15 is 0 Å². The van der Waals surface area contributed by atoms with Crippen LogP contribution in [0, 0.1) is 0 Å². The van der Waals surface area contributed by atoms with Crippen molar-refractivity contribution in [1.82, 2.24) is 14.9 Å². The van der Waals surface area contributed by atoms with E-state index in [1.54, 1.807) is 29.7 Å². The van der Waals surface area contributed by atoms with Crippen molar-refractivity contribution in [3.05, 3.63) is 48.3 Å². The van der Waals surface area contributed by atoms with Crippen LogP contribution in [0.1, 0.15) is 12.7 Å². The molecule has 166 valence electrons. The summed E-state index contributed by atoms with van der Waals surface area (Å²) in [7, 11) is 0. The first-order valence-corrected chi connectivity index (χ1v) is 9.32. The normalized spacial score (nSPS) is 12.7. The van der Waals surface area contributed by atoms with Crippen LogP contribution in [0.2, 0.25) is 0 Å². The van der Waals surface area contributed by atoms with E-state index in [0.717, 1.165) is 12.1 Å². The van der Waals surface area contributed by atoms with Gasteiger partial charge < -0.3 is 24.9 Å². The summed E-state index contributed by atoms with van der Waals surface area (Å²) in [5.74, 6) is 0.508. The van der Waals surface area contributed by atoms with Crippen molar-refractivity contribution in [1.29, 1.82) is 0 Å². The van der Waals surface area contributed by atoms with Gasteiger partial charge in [0.15, 0.2) is 0 Å². The third kappa shape index (κ3) is 5.86. The van der Waals surface area contributed by atoms with Crippen molar-refractivity contribution < 1.29 is 32.5 Å².